The first-order valence-corrected chi connectivity index (χ1v) is 6.33. The predicted molar refractivity (Wildman–Crippen MR) is 72.9 cm³/mol. The summed E-state index contributed by atoms with van der Waals surface area (Å²) in [6.45, 7) is 2.88. The normalized spacial score (nSPS) is 33.3. The Bertz CT molecular complexity index is 647. The molecule has 1 aromatic rings. The average Bonchev–Trinajstić information content (AvgIpc) is 2.64. The van der Waals surface area contributed by atoms with Crippen LogP contribution in [0.2, 0.25) is 0 Å². The van der Waals surface area contributed by atoms with Crippen molar-refractivity contribution < 1.29 is 20.1 Å². The number of aliphatic hydroxyl groups is 3. The van der Waals surface area contributed by atoms with Gasteiger partial charge in [-0.05, 0) is 19.9 Å². The maximum atomic E-state index is 11.9. The van der Waals surface area contributed by atoms with Gasteiger partial charge in [-0.3, -0.25) is 4.57 Å². The highest BCUT2D eigenvalue weighted by Gasteiger charge is 2.57. The van der Waals surface area contributed by atoms with E-state index in [9.17, 15) is 20.1 Å². The van der Waals surface area contributed by atoms with Gasteiger partial charge >= 0.3 is 5.69 Å². The van der Waals surface area contributed by atoms with E-state index in [1.165, 1.54) is 26.1 Å². The van der Waals surface area contributed by atoms with Gasteiger partial charge in [-0.25, -0.2) is 4.79 Å². The van der Waals surface area contributed by atoms with Crippen molar-refractivity contribution in [3.05, 3.63) is 22.7 Å². The summed E-state index contributed by atoms with van der Waals surface area (Å²) in [5.74, 6) is 4.96. The Balaban J connectivity index is 2.54. The van der Waals surface area contributed by atoms with Crippen molar-refractivity contribution in [3.63, 3.8) is 0 Å². The fourth-order valence-corrected chi connectivity index (χ4v) is 2.32. The molecule has 1 aliphatic heterocycles. The molecule has 5 atom stereocenters. The van der Waals surface area contributed by atoms with Gasteiger partial charge in [-0.15, -0.1) is 5.92 Å². The Labute approximate surface area is 120 Å². The largest absolute Gasteiger partial charge is 0.391 e. The SMILES string of the molecule is CC#CC1(O)[C@@H](O)[C@@H]([C@@H](C)O)O[C@H]1n1ccc(N)nc1=O. The molecule has 1 unspecified atom stereocenters. The lowest BCUT2D eigenvalue weighted by Crippen LogP contribution is -2.48. The predicted octanol–water partition coefficient (Wildman–Crippen LogP) is -1.78. The zero-order chi connectivity index (χ0) is 15.8. The van der Waals surface area contributed by atoms with Crippen molar-refractivity contribution >= 4 is 5.82 Å². The molecule has 2 heterocycles. The number of ether oxygens (including phenoxy) is 1. The van der Waals surface area contributed by atoms with Gasteiger partial charge in [0.25, 0.3) is 0 Å². The fourth-order valence-electron chi connectivity index (χ4n) is 2.32. The van der Waals surface area contributed by atoms with Crippen LogP contribution in [-0.4, -0.2) is 48.8 Å². The van der Waals surface area contributed by atoms with Crippen molar-refractivity contribution in [2.24, 2.45) is 0 Å². The molecule has 21 heavy (non-hydrogen) atoms. The number of rotatable bonds is 2. The zero-order valence-electron chi connectivity index (χ0n) is 11.6. The molecule has 114 valence electrons. The average molecular weight is 295 g/mol. The summed E-state index contributed by atoms with van der Waals surface area (Å²) in [6, 6.07) is 1.35. The minimum Gasteiger partial charge on any atom is -0.391 e. The molecule has 0 aliphatic carbocycles. The number of aliphatic hydroxyl groups excluding tert-OH is 2. The first-order chi connectivity index (χ1) is 9.81. The van der Waals surface area contributed by atoms with Crippen LogP contribution in [0.1, 0.15) is 20.1 Å². The Morgan fingerprint density at radius 3 is 2.81 bits per heavy atom. The number of hydrogen-bond acceptors (Lipinski definition) is 7. The maximum absolute atomic E-state index is 11.9. The summed E-state index contributed by atoms with van der Waals surface area (Å²) in [5.41, 5.74) is 2.61. The van der Waals surface area contributed by atoms with Crippen LogP contribution in [0.5, 0.6) is 0 Å². The van der Waals surface area contributed by atoms with Gasteiger partial charge in [-0.2, -0.15) is 4.98 Å². The summed E-state index contributed by atoms with van der Waals surface area (Å²) in [4.78, 5) is 15.4. The van der Waals surface area contributed by atoms with Crippen LogP contribution in [0.4, 0.5) is 5.82 Å². The van der Waals surface area contributed by atoms with Crippen LogP contribution in [0.15, 0.2) is 17.1 Å². The summed E-state index contributed by atoms with van der Waals surface area (Å²) in [5, 5.41) is 30.4. The Hall–Kier alpha value is -1.92. The van der Waals surface area contributed by atoms with Gasteiger partial charge in [0.15, 0.2) is 11.8 Å². The van der Waals surface area contributed by atoms with E-state index in [1.807, 2.05) is 0 Å². The number of hydrogen-bond donors (Lipinski definition) is 4. The van der Waals surface area contributed by atoms with Gasteiger partial charge in [0.1, 0.15) is 18.0 Å². The molecule has 0 spiro atoms. The van der Waals surface area contributed by atoms with E-state index >= 15 is 0 Å². The van der Waals surface area contributed by atoms with Gasteiger partial charge < -0.3 is 25.8 Å². The first kappa shape index (κ1) is 15.5. The molecule has 0 bridgehead atoms. The van der Waals surface area contributed by atoms with E-state index < -0.39 is 35.8 Å². The standard InChI is InChI=1S/C13H17N3O5/c1-3-5-13(20)10(18)9(7(2)17)21-11(13)16-6-4-8(14)15-12(16)19/h4,6-7,9-11,17-18,20H,1-2H3,(H2,14,15,19)/t7-,9-,10+,11-,13?/m1/s1. The van der Waals surface area contributed by atoms with Gasteiger partial charge in [0, 0.05) is 6.20 Å². The lowest BCUT2D eigenvalue weighted by Gasteiger charge is -2.26. The molecule has 8 nitrogen and oxygen atoms in total. The number of anilines is 1. The first-order valence-electron chi connectivity index (χ1n) is 6.33. The second-order valence-corrected chi connectivity index (χ2v) is 4.88. The van der Waals surface area contributed by atoms with Crippen LogP contribution < -0.4 is 11.4 Å². The molecule has 0 aromatic carbocycles. The third-order valence-electron chi connectivity index (χ3n) is 3.33. The highest BCUT2D eigenvalue weighted by Crippen LogP contribution is 2.38. The summed E-state index contributed by atoms with van der Waals surface area (Å²) in [7, 11) is 0. The molecule has 1 fully saturated rings. The number of nitrogen functional groups attached to an aromatic ring is 1. The van der Waals surface area contributed by atoms with Crippen LogP contribution in [0.25, 0.3) is 0 Å². The van der Waals surface area contributed by atoms with E-state index in [0.717, 1.165) is 4.57 Å². The lowest BCUT2D eigenvalue weighted by molar-refractivity contribution is -0.0883. The number of nitrogens with two attached hydrogens (primary N) is 1. The topological polar surface area (TPSA) is 131 Å². The van der Waals surface area contributed by atoms with Crippen molar-refractivity contribution in [1.82, 2.24) is 9.55 Å². The van der Waals surface area contributed by atoms with Crippen molar-refractivity contribution in [2.75, 3.05) is 5.73 Å². The van der Waals surface area contributed by atoms with E-state index in [4.69, 9.17) is 10.5 Å². The highest BCUT2D eigenvalue weighted by atomic mass is 16.6. The van der Waals surface area contributed by atoms with Crippen LogP contribution in [0, 0.1) is 11.8 Å². The molecule has 0 saturated carbocycles. The summed E-state index contributed by atoms with van der Waals surface area (Å²) < 4.78 is 6.42. The monoisotopic (exact) mass is 295 g/mol. The van der Waals surface area contributed by atoms with Crippen molar-refractivity contribution in [1.29, 1.82) is 0 Å². The molecule has 0 amide bonds. The molecule has 2 rings (SSSR count). The van der Waals surface area contributed by atoms with E-state index in [1.54, 1.807) is 0 Å². The fraction of sp³-hybridized carbons (Fsp3) is 0.538. The Kier molecular flexibility index (Phi) is 4.02. The van der Waals surface area contributed by atoms with Crippen LogP contribution in [-0.2, 0) is 4.74 Å². The zero-order valence-corrected chi connectivity index (χ0v) is 11.6. The second kappa shape index (κ2) is 5.46. The van der Waals surface area contributed by atoms with Gasteiger partial charge in [-0.1, -0.05) is 5.92 Å². The van der Waals surface area contributed by atoms with E-state index in [2.05, 4.69) is 16.8 Å². The molecular formula is C13H17N3O5. The van der Waals surface area contributed by atoms with E-state index in [-0.39, 0.29) is 5.82 Å². The minimum absolute atomic E-state index is 0.0204. The Morgan fingerprint density at radius 2 is 2.29 bits per heavy atom. The minimum atomic E-state index is -2.04. The quantitative estimate of drug-likeness (QED) is 0.474. The maximum Gasteiger partial charge on any atom is 0.351 e. The second-order valence-electron chi connectivity index (χ2n) is 4.88. The van der Waals surface area contributed by atoms with Crippen LogP contribution >= 0.6 is 0 Å². The molecule has 1 aromatic heterocycles. The highest BCUT2D eigenvalue weighted by molar-refractivity contribution is 5.26. The van der Waals surface area contributed by atoms with Gasteiger partial charge in [0.05, 0.1) is 6.10 Å². The van der Waals surface area contributed by atoms with Crippen molar-refractivity contribution in [3.8, 4) is 11.8 Å². The molecule has 5 N–H and O–H groups in total. The number of nitrogens with zero attached hydrogens (tertiary/aromatic N) is 2. The van der Waals surface area contributed by atoms with Crippen LogP contribution in [0.3, 0.4) is 0 Å². The third-order valence-corrected chi connectivity index (χ3v) is 3.33. The molecule has 0 radical (unpaired) electrons. The van der Waals surface area contributed by atoms with E-state index in [0.29, 0.717) is 0 Å². The summed E-state index contributed by atoms with van der Waals surface area (Å²) >= 11 is 0. The third kappa shape index (κ3) is 2.52. The molecule has 1 aliphatic rings. The number of aromatic nitrogens is 2. The van der Waals surface area contributed by atoms with Gasteiger partial charge in [0.2, 0.25) is 0 Å². The summed E-state index contributed by atoms with van der Waals surface area (Å²) in [6.07, 6.45) is -3.66. The smallest absolute Gasteiger partial charge is 0.351 e. The van der Waals surface area contributed by atoms with Crippen molar-refractivity contribution in [2.45, 2.75) is 44.0 Å². The molecule has 8 heteroatoms. The molecular weight excluding hydrogens is 278 g/mol. The Morgan fingerprint density at radius 1 is 1.62 bits per heavy atom. The molecule has 1 saturated heterocycles. The lowest BCUT2D eigenvalue weighted by atomic mass is 9.93.